The van der Waals surface area contributed by atoms with Crippen molar-refractivity contribution in [3.05, 3.63) is 57.0 Å². The van der Waals surface area contributed by atoms with Crippen molar-refractivity contribution in [2.75, 3.05) is 13.7 Å². The van der Waals surface area contributed by atoms with Gasteiger partial charge in [0.05, 0.1) is 16.8 Å². The molecule has 124 valence electrons. The van der Waals surface area contributed by atoms with Gasteiger partial charge in [-0.3, -0.25) is 4.79 Å². The minimum atomic E-state index is -0.251. The zero-order chi connectivity index (χ0) is 16.9. The Kier molecular flexibility index (Phi) is 5.40. The lowest BCUT2D eigenvalue weighted by molar-refractivity contribution is -0.113. The van der Waals surface area contributed by atoms with Crippen LogP contribution in [0.25, 0.3) is 16.3 Å². The largest absolute Gasteiger partial charge is 0.383 e. The number of thiophene rings is 1. The summed E-state index contributed by atoms with van der Waals surface area (Å²) in [6, 6.07) is 10.1. The van der Waals surface area contributed by atoms with E-state index in [9.17, 15) is 4.79 Å². The van der Waals surface area contributed by atoms with Crippen molar-refractivity contribution < 1.29 is 9.53 Å². The van der Waals surface area contributed by atoms with Crippen LogP contribution in [0, 0.1) is 6.92 Å². The van der Waals surface area contributed by atoms with Gasteiger partial charge in [0.15, 0.2) is 4.80 Å². The average molecular weight is 358 g/mol. The number of nitrogens with zero attached hydrogens (tertiary/aromatic N) is 2. The Hall–Kier alpha value is -2.02. The van der Waals surface area contributed by atoms with Crippen molar-refractivity contribution in [2.45, 2.75) is 13.5 Å². The highest BCUT2D eigenvalue weighted by Gasteiger charge is 2.09. The first-order valence-electron chi connectivity index (χ1n) is 7.57. The fourth-order valence-electron chi connectivity index (χ4n) is 2.45. The van der Waals surface area contributed by atoms with Crippen LogP contribution in [-0.4, -0.2) is 24.2 Å². The highest BCUT2D eigenvalue weighted by Crippen LogP contribution is 2.21. The van der Waals surface area contributed by atoms with Gasteiger partial charge in [-0.05, 0) is 36.1 Å². The second-order valence-corrected chi connectivity index (χ2v) is 7.24. The average Bonchev–Trinajstić information content (AvgIpc) is 3.19. The molecule has 0 spiro atoms. The number of amides is 1. The molecule has 0 aliphatic heterocycles. The van der Waals surface area contributed by atoms with Crippen LogP contribution >= 0.6 is 22.7 Å². The Morgan fingerprint density at radius 2 is 2.21 bits per heavy atom. The van der Waals surface area contributed by atoms with E-state index in [4.69, 9.17) is 4.74 Å². The standard InChI is InChI=1S/C18H18N2O2S2/c1-13-5-3-7-15-17(13)20(10-11-22-2)18(24-15)19-16(21)9-8-14-6-4-12-23-14/h3-9,12H,10-11H2,1-2H3. The van der Waals surface area contributed by atoms with E-state index in [1.54, 1.807) is 24.5 Å². The molecule has 0 radical (unpaired) electrons. The molecule has 2 aromatic heterocycles. The maximum absolute atomic E-state index is 12.2. The van der Waals surface area contributed by atoms with E-state index >= 15 is 0 Å². The van der Waals surface area contributed by atoms with Gasteiger partial charge in [-0.1, -0.05) is 29.5 Å². The molecule has 1 amide bonds. The first-order valence-corrected chi connectivity index (χ1v) is 9.27. The van der Waals surface area contributed by atoms with Crippen molar-refractivity contribution in [3.8, 4) is 0 Å². The number of rotatable bonds is 5. The van der Waals surface area contributed by atoms with E-state index in [1.807, 2.05) is 23.6 Å². The Bertz CT molecular complexity index is 934. The second kappa shape index (κ2) is 7.70. The summed E-state index contributed by atoms with van der Waals surface area (Å²) in [5.74, 6) is -0.251. The number of aromatic nitrogens is 1. The Labute approximate surface area is 148 Å². The minimum absolute atomic E-state index is 0.251. The zero-order valence-corrected chi connectivity index (χ0v) is 15.2. The van der Waals surface area contributed by atoms with Crippen molar-refractivity contribution in [2.24, 2.45) is 4.99 Å². The molecule has 0 atom stereocenters. The minimum Gasteiger partial charge on any atom is -0.383 e. The molecule has 0 unspecified atom stereocenters. The first kappa shape index (κ1) is 16.8. The number of carbonyl (C=O) groups excluding carboxylic acids is 1. The molecule has 3 rings (SSSR count). The Balaban J connectivity index is 2.00. The van der Waals surface area contributed by atoms with Crippen molar-refractivity contribution in [3.63, 3.8) is 0 Å². The zero-order valence-electron chi connectivity index (χ0n) is 13.6. The van der Waals surface area contributed by atoms with Crippen LogP contribution in [0.5, 0.6) is 0 Å². The lowest BCUT2D eigenvalue weighted by Gasteiger charge is -2.06. The van der Waals surface area contributed by atoms with E-state index in [1.165, 1.54) is 23.0 Å². The van der Waals surface area contributed by atoms with E-state index < -0.39 is 0 Å². The second-order valence-electron chi connectivity index (χ2n) is 5.25. The van der Waals surface area contributed by atoms with Crippen LogP contribution in [0.1, 0.15) is 10.4 Å². The third-order valence-corrected chi connectivity index (χ3v) is 5.44. The van der Waals surface area contributed by atoms with Crippen LogP contribution < -0.4 is 4.80 Å². The molecule has 0 aliphatic carbocycles. The number of methoxy groups -OCH3 is 1. The molecule has 4 nitrogen and oxygen atoms in total. The maximum atomic E-state index is 12.2. The summed E-state index contributed by atoms with van der Waals surface area (Å²) in [6.45, 7) is 3.31. The van der Waals surface area contributed by atoms with Gasteiger partial charge in [-0.25, -0.2) is 0 Å². The number of hydrogen-bond acceptors (Lipinski definition) is 4. The van der Waals surface area contributed by atoms with Crippen molar-refractivity contribution >= 4 is 44.9 Å². The van der Waals surface area contributed by atoms with Gasteiger partial charge in [0.25, 0.3) is 5.91 Å². The van der Waals surface area contributed by atoms with Crippen molar-refractivity contribution in [1.29, 1.82) is 0 Å². The number of aryl methyl sites for hydroxylation is 1. The molecule has 0 aliphatic rings. The van der Waals surface area contributed by atoms with Gasteiger partial charge >= 0.3 is 0 Å². The van der Waals surface area contributed by atoms with Crippen LogP contribution in [0.4, 0.5) is 0 Å². The smallest absolute Gasteiger partial charge is 0.272 e. The van der Waals surface area contributed by atoms with E-state index in [0.29, 0.717) is 18.0 Å². The summed E-state index contributed by atoms with van der Waals surface area (Å²) in [5.41, 5.74) is 2.29. The van der Waals surface area contributed by atoms with Crippen LogP contribution in [-0.2, 0) is 16.1 Å². The number of hydrogen-bond donors (Lipinski definition) is 0. The molecule has 1 aromatic carbocycles. The number of fused-ring (bicyclic) bond motifs is 1. The lowest BCUT2D eigenvalue weighted by Crippen LogP contribution is -2.19. The van der Waals surface area contributed by atoms with Crippen molar-refractivity contribution in [1.82, 2.24) is 4.57 Å². The molecule has 0 bridgehead atoms. The number of ether oxygens (including phenoxy) is 1. The predicted molar refractivity (Wildman–Crippen MR) is 100 cm³/mol. The number of para-hydroxylation sites is 1. The normalized spacial score (nSPS) is 12.5. The quantitative estimate of drug-likeness (QED) is 0.650. The fraction of sp³-hybridized carbons (Fsp3) is 0.222. The highest BCUT2D eigenvalue weighted by atomic mass is 32.1. The van der Waals surface area contributed by atoms with Gasteiger partial charge in [0.1, 0.15) is 0 Å². The summed E-state index contributed by atoms with van der Waals surface area (Å²) in [7, 11) is 1.67. The third kappa shape index (κ3) is 3.72. The van der Waals surface area contributed by atoms with E-state index in [-0.39, 0.29) is 5.91 Å². The molecular formula is C18H18N2O2S2. The summed E-state index contributed by atoms with van der Waals surface area (Å²) in [5, 5.41) is 1.98. The highest BCUT2D eigenvalue weighted by molar-refractivity contribution is 7.16. The third-order valence-electron chi connectivity index (χ3n) is 3.56. The SMILES string of the molecule is COCCn1c(=NC(=O)C=Cc2cccs2)sc2cccc(C)c21. The Morgan fingerprint density at radius 1 is 1.33 bits per heavy atom. The molecule has 0 saturated heterocycles. The summed E-state index contributed by atoms with van der Waals surface area (Å²) >= 11 is 3.12. The first-order chi connectivity index (χ1) is 11.7. The molecule has 24 heavy (non-hydrogen) atoms. The topological polar surface area (TPSA) is 43.6 Å². The maximum Gasteiger partial charge on any atom is 0.272 e. The Morgan fingerprint density at radius 3 is 2.96 bits per heavy atom. The van der Waals surface area contributed by atoms with Gasteiger partial charge in [-0.15, -0.1) is 11.3 Å². The van der Waals surface area contributed by atoms with Crippen LogP contribution in [0.2, 0.25) is 0 Å². The van der Waals surface area contributed by atoms with Crippen LogP contribution in [0.15, 0.2) is 46.8 Å². The molecule has 0 fully saturated rings. The molecule has 0 N–H and O–H groups in total. The number of thiazole rings is 1. The monoisotopic (exact) mass is 358 g/mol. The molecule has 2 heterocycles. The molecule has 3 aromatic rings. The van der Waals surface area contributed by atoms with Gasteiger partial charge in [0.2, 0.25) is 0 Å². The molecule has 0 saturated carbocycles. The summed E-state index contributed by atoms with van der Waals surface area (Å²) in [4.78, 5) is 18.2. The summed E-state index contributed by atoms with van der Waals surface area (Å²) in [6.07, 6.45) is 3.32. The fourth-order valence-corrected chi connectivity index (χ4v) is 4.21. The van der Waals surface area contributed by atoms with Gasteiger partial charge in [0, 0.05) is 24.6 Å². The van der Waals surface area contributed by atoms with E-state index in [2.05, 4.69) is 28.6 Å². The predicted octanol–water partition coefficient (Wildman–Crippen LogP) is 3.86. The summed E-state index contributed by atoms with van der Waals surface area (Å²) < 4.78 is 8.40. The number of carbonyl (C=O) groups is 1. The van der Waals surface area contributed by atoms with Gasteiger partial charge in [-0.2, -0.15) is 4.99 Å². The van der Waals surface area contributed by atoms with Crippen LogP contribution in [0.3, 0.4) is 0 Å². The lowest BCUT2D eigenvalue weighted by atomic mass is 10.2. The van der Waals surface area contributed by atoms with E-state index in [0.717, 1.165) is 15.1 Å². The molecular weight excluding hydrogens is 340 g/mol. The van der Waals surface area contributed by atoms with Gasteiger partial charge < -0.3 is 9.30 Å². The molecule has 6 heteroatoms. The number of benzene rings is 1.